The molecular formula is C31H36ClN7O2S2. The Kier molecular flexibility index (Phi) is 8.74. The van der Waals surface area contributed by atoms with Gasteiger partial charge in [0, 0.05) is 47.5 Å². The molecule has 2 atom stereocenters. The number of benzene rings is 1. The van der Waals surface area contributed by atoms with E-state index in [2.05, 4.69) is 49.2 Å². The van der Waals surface area contributed by atoms with E-state index in [0.717, 1.165) is 53.6 Å². The molecule has 43 heavy (non-hydrogen) atoms. The number of fused-ring (bicyclic) bond motifs is 2. The van der Waals surface area contributed by atoms with Gasteiger partial charge < -0.3 is 19.9 Å². The van der Waals surface area contributed by atoms with Crippen molar-refractivity contribution >= 4 is 57.5 Å². The predicted octanol–water partition coefficient (Wildman–Crippen LogP) is 5.56. The molecule has 2 aliphatic rings. The lowest BCUT2D eigenvalue weighted by Gasteiger charge is -2.44. The first-order valence-corrected chi connectivity index (χ1v) is 16.8. The van der Waals surface area contributed by atoms with Crippen molar-refractivity contribution in [3.8, 4) is 0 Å². The number of hydrogen-bond donors (Lipinski definition) is 3. The molecule has 1 fully saturated rings. The van der Waals surface area contributed by atoms with Crippen LogP contribution in [0.2, 0.25) is 5.02 Å². The minimum atomic E-state index is -1.16. The van der Waals surface area contributed by atoms with E-state index in [1.54, 1.807) is 6.20 Å². The number of hydrogen-bond acceptors (Lipinski definition) is 10. The quantitative estimate of drug-likeness (QED) is 0.212. The Morgan fingerprint density at radius 2 is 1.91 bits per heavy atom. The molecule has 0 saturated carbocycles. The molecule has 1 aliphatic carbocycles. The lowest BCUT2D eigenvalue weighted by molar-refractivity contribution is 0.176. The van der Waals surface area contributed by atoms with Crippen LogP contribution in [0, 0.1) is 5.41 Å². The van der Waals surface area contributed by atoms with Gasteiger partial charge in [0.15, 0.2) is 5.65 Å². The van der Waals surface area contributed by atoms with Gasteiger partial charge in [-0.15, -0.1) is 4.72 Å². The van der Waals surface area contributed by atoms with Crippen molar-refractivity contribution < 1.29 is 9.66 Å². The highest BCUT2D eigenvalue weighted by molar-refractivity contribution is 7.99. The predicted molar refractivity (Wildman–Crippen MR) is 174 cm³/mol. The molecule has 0 bridgehead atoms. The van der Waals surface area contributed by atoms with E-state index >= 15 is 0 Å². The summed E-state index contributed by atoms with van der Waals surface area (Å²) in [6.07, 6.45) is 6.42. The van der Waals surface area contributed by atoms with Crippen molar-refractivity contribution in [3.63, 3.8) is 0 Å². The van der Waals surface area contributed by atoms with Crippen molar-refractivity contribution in [2.75, 3.05) is 36.5 Å². The first-order valence-electron chi connectivity index (χ1n) is 14.5. The van der Waals surface area contributed by atoms with E-state index in [4.69, 9.17) is 26.7 Å². The van der Waals surface area contributed by atoms with Gasteiger partial charge in [0.1, 0.15) is 26.9 Å². The van der Waals surface area contributed by atoms with E-state index in [1.165, 1.54) is 22.9 Å². The van der Waals surface area contributed by atoms with E-state index in [0.29, 0.717) is 23.0 Å². The number of aliphatic hydroxyl groups is 1. The molecule has 1 aromatic carbocycles. The van der Waals surface area contributed by atoms with Gasteiger partial charge in [-0.05, 0) is 69.4 Å². The zero-order valence-electron chi connectivity index (χ0n) is 24.5. The molecule has 1 saturated heterocycles. The number of pyridine rings is 2. The summed E-state index contributed by atoms with van der Waals surface area (Å²) in [6.45, 7) is 8.11. The van der Waals surface area contributed by atoms with Crippen molar-refractivity contribution in [1.82, 2.24) is 24.7 Å². The Bertz CT molecular complexity index is 1610. The molecule has 4 heterocycles. The SMILES string of the molecule is CC(C)(C)[S+]([O-])N[C@@H]1c2ccccc2CC12CCN(c1cnc3nc(Sc4ccnc(NCCO)c4Cl)ccc3n1)CC2. The van der Waals surface area contributed by atoms with Crippen molar-refractivity contribution in [1.29, 1.82) is 0 Å². The largest absolute Gasteiger partial charge is 0.598 e. The molecule has 9 nitrogen and oxygen atoms in total. The molecule has 1 unspecified atom stereocenters. The molecule has 0 amide bonds. The zero-order valence-corrected chi connectivity index (χ0v) is 26.9. The van der Waals surface area contributed by atoms with Crippen molar-refractivity contribution in [2.24, 2.45) is 5.41 Å². The molecule has 1 aliphatic heterocycles. The second kappa shape index (κ2) is 12.4. The number of aliphatic hydroxyl groups excluding tert-OH is 1. The van der Waals surface area contributed by atoms with Crippen molar-refractivity contribution in [2.45, 2.75) is 60.7 Å². The van der Waals surface area contributed by atoms with E-state index < -0.39 is 11.4 Å². The smallest absolute Gasteiger partial charge is 0.179 e. The summed E-state index contributed by atoms with van der Waals surface area (Å²) in [6, 6.07) is 14.4. The van der Waals surface area contributed by atoms with Gasteiger partial charge in [-0.3, -0.25) is 0 Å². The highest BCUT2D eigenvalue weighted by Crippen LogP contribution is 2.52. The number of halogens is 1. The maximum Gasteiger partial charge on any atom is 0.179 e. The molecule has 226 valence electrons. The van der Waals surface area contributed by atoms with Crippen LogP contribution in [0.15, 0.2) is 64.8 Å². The van der Waals surface area contributed by atoms with E-state index in [9.17, 15) is 4.55 Å². The van der Waals surface area contributed by atoms with Gasteiger partial charge in [-0.25, -0.2) is 19.9 Å². The Hall–Kier alpha value is -2.67. The topological polar surface area (TPSA) is 122 Å². The van der Waals surface area contributed by atoms with Gasteiger partial charge in [0.2, 0.25) is 0 Å². The third-order valence-electron chi connectivity index (χ3n) is 8.22. The number of piperidine rings is 1. The standard InChI is InChI=1S/C31H36ClN7O2S2/c1-30(2,3)43(41)38-27-21-7-5-4-6-20(21)18-31(27)11-15-39(16-12-31)24-19-35-28-22(36-24)8-9-25(37-28)42-23-10-13-33-29(26(23)32)34-14-17-40/h4-10,13,19,27,38,40H,11-12,14-18H2,1-3H3,(H,33,34)/t27-,43?/m1/s1. The summed E-state index contributed by atoms with van der Waals surface area (Å²) in [7, 11) is 0. The van der Waals surface area contributed by atoms with Crippen LogP contribution in [0.25, 0.3) is 11.2 Å². The van der Waals surface area contributed by atoms with Gasteiger partial charge in [0.25, 0.3) is 0 Å². The summed E-state index contributed by atoms with van der Waals surface area (Å²) < 4.78 is 16.4. The monoisotopic (exact) mass is 637 g/mol. The first-order chi connectivity index (χ1) is 20.7. The Morgan fingerprint density at radius 3 is 2.67 bits per heavy atom. The summed E-state index contributed by atoms with van der Waals surface area (Å²) in [5.74, 6) is 1.37. The lowest BCUT2D eigenvalue weighted by atomic mass is 9.73. The summed E-state index contributed by atoms with van der Waals surface area (Å²) in [5.41, 5.74) is 3.97. The van der Waals surface area contributed by atoms with Crippen LogP contribution in [0.5, 0.6) is 0 Å². The third-order valence-corrected chi connectivity index (χ3v) is 11.3. The number of aromatic nitrogens is 4. The molecule has 4 aromatic rings. The second-order valence-electron chi connectivity index (χ2n) is 12.1. The molecule has 3 N–H and O–H groups in total. The Labute approximate surface area is 264 Å². The zero-order chi connectivity index (χ0) is 30.2. The Morgan fingerprint density at radius 1 is 1.12 bits per heavy atom. The summed E-state index contributed by atoms with van der Waals surface area (Å²) in [5, 5.41) is 13.4. The maximum atomic E-state index is 13.2. The minimum Gasteiger partial charge on any atom is -0.598 e. The van der Waals surface area contributed by atoms with Crippen LogP contribution in [0.3, 0.4) is 0 Å². The van der Waals surface area contributed by atoms with E-state index in [1.807, 2.05) is 45.2 Å². The van der Waals surface area contributed by atoms with Gasteiger partial charge in [-0.1, -0.05) is 47.6 Å². The molecular weight excluding hydrogens is 602 g/mol. The Balaban J connectivity index is 1.17. The molecule has 1 spiro atoms. The van der Waals surface area contributed by atoms with Crippen LogP contribution in [-0.4, -0.2) is 60.6 Å². The molecule has 3 aromatic heterocycles. The summed E-state index contributed by atoms with van der Waals surface area (Å²) in [4.78, 5) is 21.7. The van der Waals surface area contributed by atoms with Gasteiger partial charge >= 0.3 is 0 Å². The fourth-order valence-electron chi connectivity index (χ4n) is 5.91. The van der Waals surface area contributed by atoms with Crippen LogP contribution in [0.1, 0.15) is 50.8 Å². The fourth-order valence-corrected chi connectivity index (χ4v) is 7.96. The average Bonchev–Trinajstić information content (AvgIpc) is 3.29. The third kappa shape index (κ3) is 6.29. The lowest BCUT2D eigenvalue weighted by Crippen LogP contribution is -2.49. The number of anilines is 2. The number of nitrogens with one attached hydrogen (secondary N) is 2. The van der Waals surface area contributed by atoms with Crippen LogP contribution < -0.4 is 14.9 Å². The average molecular weight is 638 g/mol. The second-order valence-corrected chi connectivity index (χ2v) is 15.5. The molecule has 6 rings (SSSR count). The van der Waals surface area contributed by atoms with Crippen LogP contribution >= 0.6 is 23.4 Å². The normalized spacial score (nSPS) is 18.7. The summed E-state index contributed by atoms with van der Waals surface area (Å²) >= 11 is 6.81. The fraction of sp³-hybridized carbons (Fsp3) is 0.419. The minimum absolute atomic E-state index is 0.00780. The van der Waals surface area contributed by atoms with Gasteiger partial charge in [0.05, 0.1) is 23.9 Å². The van der Waals surface area contributed by atoms with Crippen LogP contribution in [0.4, 0.5) is 11.6 Å². The maximum absolute atomic E-state index is 13.2. The molecule has 0 radical (unpaired) electrons. The van der Waals surface area contributed by atoms with Crippen molar-refractivity contribution in [3.05, 3.63) is 71.0 Å². The highest BCUT2D eigenvalue weighted by atomic mass is 35.5. The number of rotatable bonds is 8. The van der Waals surface area contributed by atoms with Gasteiger partial charge in [-0.2, -0.15) is 0 Å². The number of nitrogens with zero attached hydrogens (tertiary/aromatic N) is 5. The first kappa shape index (κ1) is 30.4. The van der Waals surface area contributed by atoms with Crippen LogP contribution in [-0.2, 0) is 17.8 Å². The molecule has 12 heteroatoms. The van der Waals surface area contributed by atoms with E-state index in [-0.39, 0.29) is 22.8 Å². The highest BCUT2D eigenvalue weighted by Gasteiger charge is 2.50.